The standard InChI is InChI=1S/C13H24N4O2/c1-9(14)10-4-6-17(7-5-10)8-12(18)16-13(19)15-11-2-3-11/h9-11H,2-8,14H2,1H3,(H2,15,16,18,19). The lowest BCUT2D eigenvalue weighted by molar-refractivity contribution is -0.121. The number of imide groups is 1. The second kappa shape index (κ2) is 6.34. The minimum Gasteiger partial charge on any atom is -0.335 e. The quantitative estimate of drug-likeness (QED) is 0.671. The molecule has 1 heterocycles. The molecule has 1 aliphatic carbocycles. The number of likely N-dealkylation sites (tertiary alicyclic amines) is 1. The number of carbonyl (C=O) groups is 2. The van der Waals surface area contributed by atoms with Gasteiger partial charge in [0.15, 0.2) is 0 Å². The Morgan fingerprint density at radius 2 is 1.89 bits per heavy atom. The Morgan fingerprint density at radius 3 is 2.42 bits per heavy atom. The number of nitrogens with zero attached hydrogens (tertiary/aromatic N) is 1. The van der Waals surface area contributed by atoms with Crippen LogP contribution in [0.5, 0.6) is 0 Å². The summed E-state index contributed by atoms with van der Waals surface area (Å²) in [5, 5.41) is 5.12. The Balaban J connectivity index is 1.64. The van der Waals surface area contributed by atoms with Crippen LogP contribution in [0.1, 0.15) is 32.6 Å². The fourth-order valence-corrected chi connectivity index (χ4v) is 2.46. The predicted octanol–water partition coefficient (Wildman–Crippen LogP) is 0.0338. The molecule has 1 saturated heterocycles. The van der Waals surface area contributed by atoms with Gasteiger partial charge in [0.1, 0.15) is 0 Å². The fourth-order valence-electron chi connectivity index (χ4n) is 2.46. The van der Waals surface area contributed by atoms with E-state index in [2.05, 4.69) is 15.5 Å². The van der Waals surface area contributed by atoms with E-state index in [-0.39, 0.29) is 24.0 Å². The first kappa shape index (κ1) is 14.3. The number of urea groups is 1. The summed E-state index contributed by atoms with van der Waals surface area (Å²) in [6.45, 7) is 4.09. The van der Waals surface area contributed by atoms with Gasteiger partial charge in [-0.1, -0.05) is 0 Å². The molecule has 2 fully saturated rings. The highest BCUT2D eigenvalue weighted by atomic mass is 16.2. The second-order valence-corrected chi connectivity index (χ2v) is 5.77. The minimum absolute atomic E-state index is 0.222. The topological polar surface area (TPSA) is 87.5 Å². The molecule has 0 aromatic heterocycles. The van der Waals surface area contributed by atoms with Crippen LogP contribution in [-0.4, -0.2) is 48.6 Å². The van der Waals surface area contributed by atoms with Crippen molar-refractivity contribution in [2.75, 3.05) is 19.6 Å². The molecule has 19 heavy (non-hydrogen) atoms. The molecule has 1 unspecified atom stereocenters. The maximum Gasteiger partial charge on any atom is 0.321 e. The summed E-state index contributed by atoms with van der Waals surface area (Å²) in [5.41, 5.74) is 5.88. The van der Waals surface area contributed by atoms with Crippen LogP contribution in [0.3, 0.4) is 0 Å². The zero-order chi connectivity index (χ0) is 13.8. The number of carbonyl (C=O) groups excluding carboxylic acids is 2. The third kappa shape index (κ3) is 4.80. The van der Waals surface area contributed by atoms with E-state index in [0.29, 0.717) is 12.5 Å². The molecule has 3 amide bonds. The summed E-state index contributed by atoms with van der Waals surface area (Å²) in [4.78, 5) is 25.2. The largest absolute Gasteiger partial charge is 0.335 e. The average molecular weight is 268 g/mol. The van der Waals surface area contributed by atoms with E-state index < -0.39 is 0 Å². The summed E-state index contributed by atoms with van der Waals surface area (Å²) in [7, 11) is 0. The molecular weight excluding hydrogens is 244 g/mol. The van der Waals surface area contributed by atoms with Crippen LogP contribution in [0.15, 0.2) is 0 Å². The smallest absolute Gasteiger partial charge is 0.321 e. The van der Waals surface area contributed by atoms with Crippen molar-refractivity contribution < 1.29 is 9.59 Å². The zero-order valence-electron chi connectivity index (χ0n) is 11.5. The van der Waals surface area contributed by atoms with Crippen LogP contribution in [0.4, 0.5) is 4.79 Å². The van der Waals surface area contributed by atoms with Gasteiger partial charge in [-0.3, -0.25) is 15.0 Å². The maximum atomic E-state index is 11.7. The summed E-state index contributed by atoms with van der Waals surface area (Å²) >= 11 is 0. The average Bonchev–Trinajstić information content (AvgIpc) is 3.13. The highest BCUT2D eigenvalue weighted by Gasteiger charge is 2.25. The molecule has 6 nitrogen and oxygen atoms in total. The van der Waals surface area contributed by atoms with Gasteiger partial charge in [0.05, 0.1) is 6.54 Å². The minimum atomic E-state index is -0.363. The van der Waals surface area contributed by atoms with Gasteiger partial charge < -0.3 is 11.1 Å². The van der Waals surface area contributed by atoms with Crippen molar-refractivity contribution in [2.45, 2.75) is 44.7 Å². The molecule has 0 aromatic rings. The van der Waals surface area contributed by atoms with E-state index in [0.717, 1.165) is 38.8 Å². The molecular formula is C13H24N4O2. The Labute approximate surface area is 114 Å². The lowest BCUT2D eigenvalue weighted by Crippen LogP contribution is -2.47. The highest BCUT2D eigenvalue weighted by Crippen LogP contribution is 2.19. The summed E-state index contributed by atoms with van der Waals surface area (Å²) < 4.78 is 0. The number of nitrogens with two attached hydrogens (primary N) is 1. The molecule has 108 valence electrons. The number of hydrogen-bond donors (Lipinski definition) is 3. The van der Waals surface area contributed by atoms with E-state index in [9.17, 15) is 9.59 Å². The van der Waals surface area contributed by atoms with Crippen LogP contribution in [0.2, 0.25) is 0 Å². The van der Waals surface area contributed by atoms with Crippen LogP contribution < -0.4 is 16.4 Å². The van der Waals surface area contributed by atoms with E-state index in [1.807, 2.05) is 6.92 Å². The van der Waals surface area contributed by atoms with Crippen molar-refractivity contribution in [3.63, 3.8) is 0 Å². The fraction of sp³-hybridized carbons (Fsp3) is 0.846. The number of piperidine rings is 1. The van der Waals surface area contributed by atoms with Gasteiger partial charge >= 0.3 is 6.03 Å². The van der Waals surface area contributed by atoms with Crippen molar-refractivity contribution in [1.82, 2.24) is 15.5 Å². The van der Waals surface area contributed by atoms with Gasteiger partial charge in [0.25, 0.3) is 0 Å². The normalized spacial score (nSPS) is 22.8. The van der Waals surface area contributed by atoms with Crippen molar-refractivity contribution in [1.29, 1.82) is 0 Å². The van der Waals surface area contributed by atoms with E-state index in [1.165, 1.54) is 0 Å². The lowest BCUT2D eigenvalue weighted by Gasteiger charge is -2.33. The first-order valence-electron chi connectivity index (χ1n) is 7.13. The summed E-state index contributed by atoms with van der Waals surface area (Å²) in [5.74, 6) is 0.329. The van der Waals surface area contributed by atoms with Crippen LogP contribution in [0, 0.1) is 5.92 Å². The maximum absolute atomic E-state index is 11.7. The zero-order valence-corrected chi connectivity index (χ0v) is 11.5. The first-order valence-corrected chi connectivity index (χ1v) is 7.13. The number of nitrogens with one attached hydrogen (secondary N) is 2. The first-order chi connectivity index (χ1) is 9.04. The predicted molar refractivity (Wildman–Crippen MR) is 72.5 cm³/mol. The highest BCUT2D eigenvalue weighted by molar-refractivity contribution is 5.95. The Morgan fingerprint density at radius 1 is 1.26 bits per heavy atom. The van der Waals surface area contributed by atoms with Crippen molar-refractivity contribution in [3.8, 4) is 0 Å². The van der Waals surface area contributed by atoms with E-state index in [1.54, 1.807) is 0 Å². The lowest BCUT2D eigenvalue weighted by atomic mass is 9.91. The number of amides is 3. The molecule has 1 atom stereocenters. The Hall–Kier alpha value is -1.14. The van der Waals surface area contributed by atoms with Gasteiger partial charge in [0, 0.05) is 12.1 Å². The van der Waals surface area contributed by atoms with Gasteiger partial charge in [-0.05, 0) is 51.6 Å². The van der Waals surface area contributed by atoms with Gasteiger partial charge in [-0.15, -0.1) is 0 Å². The molecule has 2 rings (SSSR count). The Bertz CT molecular complexity index is 334. The molecule has 1 aliphatic heterocycles. The molecule has 2 aliphatic rings. The molecule has 0 spiro atoms. The number of hydrogen-bond acceptors (Lipinski definition) is 4. The third-order valence-electron chi connectivity index (χ3n) is 3.91. The third-order valence-corrected chi connectivity index (χ3v) is 3.91. The van der Waals surface area contributed by atoms with Crippen molar-refractivity contribution in [2.24, 2.45) is 11.7 Å². The van der Waals surface area contributed by atoms with Gasteiger partial charge in [-0.25, -0.2) is 4.79 Å². The molecule has 0 radical (unpaired) electrons. The van der Waals surface area contributed by atoms with Crippen LogP contribution >= 0.6 is 0 Å². The molecule has 1 saturated carbocycles. The number of rotatable bonds is 4. The monoisotopic (exact) mass is 268 g/mol. The molecule has 0 bridgehead atoms. The molecule has 0 aromatic carbocycles. The van der Waals surface area contributed by atoms with Gasteiger partial charge in [0.2, 0.25) is 5.91 Å². The summed E-state index contributed by atoms with van der Waals surface area (Å²) in [6.07, 6.45) is 4.09. The van der Waals surface area contributed by atoms with Crippen LogP contribution in [-0.2, 0) is 4.79 Å². The van der Waals surface area contributed by atoms with Crippen LogP contribution in [0.25, 0.3) is 0 Å². The van der Waals surface area contributed by atoms with E-state index >= 15 is 0 Å². The van der Waals surface area contributed by atoms with Gasteiger partial charge in [-0.2, -0.15) is 0 Å². The second-order valence-electron chi connectivity index (χ2n) is 5.77. The molecule has 4 N–H and O–H groups in total. The summed E-state index contributed by atoms with van der Waals surface area (Å²) in [6, 6.07) is 0.132. The molecule has 6 heteroatoms. The van der Waals surface area contributed by atoms with Crippen molar-refractivity contribution >= 4 is 11.9 Å². The Kier molecular flexibility index (Phi) is 4.76. The van der Waals surface area contributed by atoms with Crippen molar-refractivity contribution in [3.05, 3.63) is 0 Å². The SMILES string of the molecule is CC(N)C1CCN(CC(=O)NC(=O)NC2CC2)CC1. The van der Waals surface area contributed by atoms with E-state index in [4.69, 9.17) is 5.73 Å².